The third-order valence-electron chi connectivity index (χ3n) is 4.61. The van der Waals surface area contributed by atoms with Crippen LogP contribution in [0.15, 0.2) is 70.6 Å². The Morgan fingerprint density at radius 3 is 2.64 bits per heavy atom. The number of nitrogens with one attached hydrogen (secondary N) is 1. The third-order valence-corrected chi connectivity index (χ3v) is 6.18. The summed E-state index contributed by atoms with van der Waals surface area (Å²) >= 11 is 13.1. The number of carbonyl (C=O) groups is 1. The summed E-state index contributed by atoms with van der Waals surface area (Å²) in [4.78, 5) is 17.1. The van der Waals surface area contributed by atoms with Crippen LogP contribution in [0.4, 0.5) is 10.1 Å². The summed E-state index contributed by atoms with van der Waals surface area (Å²) in [5.74, 6) is 0.260. The average Bonchev–Trinajstić information content (AvgIpc) is 3.14. The molecule has 1 aliphatic heterocycles. The lowest BCUT2D eigenvalue weighted by Crippen LogP contribution is -2.19. The van der Waals surface area contributed by atoms with E-state index in [4.69, 9.17) is 32.7 Å². The molecule has 3 aromatic rings. The number of amidine groups is 1. The van der Waals surface area contributed by atoms with Gasteiger partial charge in [-0.15, -0.1) is 0 Å². The van der Waals surface area contributed by atoms with Crippen molar-refractivity contribution in [1.82, 2.24) is 5.32 Å². The average molecular weight is 503 g/mol. The van der Waals surface area contributed by atoms with Gasteiger partial charge < -0.3 is 14.8 Å². The van der Waals surface area contributed by atoms with Crippen LogP contribution in [0.25, 0.3) is 6.08 Å². The molecule has 5 nitrogen and oxygen atoms in total. The molecule has 0 aromatic heterocycles. The molecule has 0 atom stereocenters. The smallest absolute Gasteiger partial charge is 0.264 e. The van der Waals surface area contributed by atoms with Crippen molar-refractivity contribution in [3.63, 3.8) is 0 Å². The number of benzene rings is 3. The van der Waals surface area contributed by atoms with Crippen LogP contribution in [-0.4, -0.2) is 18.2 Å². The number of methoxy groups -OCH3 is 1. The van der Waals surface area contributed by atoms with Crippen molar-refractivity contribution in [3.8, 4) is 11.5 Å². The number of aliphatic imine (C=N–C) groups is 1. The second kappa shape index (κ2) is 10.3. The molecule has 33 heavy (non-hydrogen) atoms. The highest BCUT2D eigenvalue weighted by Crippen LogP contribution is 2.33. The first-order chi connectivity index (χ1) is 15.9. The molecule has 1 fully saturated rings. The van der Waals surface area contributed by atoms with Crippen LogP contribution in [0.2, 0.25) is 10.0 Å². The molecule has 3 aromatic carbocycles. The number of hydrogen-bond acceptors (Lipinski definition) is 5. The molecule has 0 saturated carbocycles. The fourth-order valence-corrected chi connectivity index (χ4v) is 4.17. The monoisotopic (exact) mass is 502 g/mol. The van der Waals surface area contributed by atoms with Crippen molar-refractivity contribution < 1.29 is 18.7 Å². The second-order valence-corrected chi connectivity index (χ2v) is 8.72. The largest absolute Gasteiger partial charge is 0.493 e. The van der Waals surface area contributed by atoms with Crippen molar-refractivity contribution in [1.29, 1.82) is 0 Å². The Balaban J connectivity index is 1.50. The van der Waals surface area contributed by atoms with Crippen LogP contribution in [-0.2, 0) is 11.4 Å². The molecule has 1 aliphatic rings. The van der Waals surface area contributed by atoms with Gasteiger partial charge in [0.15, 0.2) is 16.7 Å². The Labute approximate surface area is 204 Å². The van der Waals surface area contributed by atoms with Gasteiger partial charge in [-0.1, -0.05) is 47.5 Å². The Kier molecular flexibility index (Phi) is 7.23. The topological polar surface area (TPSA) is 59.9 Å². The van der Waals surface area contributed by atoms with Crippen molar-refractivity contribution in [3.05, 3.63) is 92.6 Å². The van der Waals surface area contributed by atoms with E-state index >= 15 is 0 Å². The molecule has 0 aliphatic carbocycles. The van der Waals surface area contributed by atoms with Gasteiger partial charge in [0.05, 0.1) is 22.7 Å². The van der Waals surface area contributed by atoms with Gasteiger partial charge in [-0.05, 0) is 59.8 Å². The molecule has 1 heterocycles. The first-order valence-electron chi connectivity index (χ1n) is 9.72. The summed E-state index contributed by atoms with van der Waals surface area (Å²) in [5.41, 5.74) is 2.05. The SMILES string of the molecule is COc1cc(C=C2SC(=Nc3ccc(F)c(Cl)c3)NC2=O)ccc1OCc1ccccc1Cl. The van der Waals surface area contributed by atoms with E-state index in [1.807, 2.05) is 24.3 Å². The maximum atomic E-state index is 13.3. The molecule has 1 N–H and O–H groups in total. The molecule has 0 unspecified atom stereocenters. The lowest BCUT2D eigenvalue weighted by atomic mass is 10.2. The number of rotatable bonds is 6. The highest BCUT2D eigenvalue weighted by atomic mass is 35.5. The van der Waals surface area contributed by atoms with E-state index in [1.165, 1.54) is 30.0 Å². The van der Waals surface area contributed by atoms with Gasteiger partial charge in [-0.2, -0.15) is 0 Å². The van der Waals surface area contributed by atoms with Crippen molar-refractivity contribution in [2.45, 2.75) is 6.61 Å². The molecule has 1 saturated heterocycles. The second-order valence-electron chi connectivity index (χ2n) is 6.87. The summed E-state index contributed by atoms with van der Waals surface area (Å²) in [6.07, 6.45) is 1.72. The number of halogens is 3. The van der Waals surface area contributed by atoms with Crippen LogP contribution in [0.5, 0.6) is 11.5 Å². The van der Waals surface area contributed by atoms with E-state index in [9.17, 15) is 9.18 Å². The van der Waals surface area contributed by atoms with E-state index in [0.717, 1.165) is 11.1 Å². The molecule has 1 amide bonds. The van der Waals surface area contributed by atoms with Gasteiger partial charge in [0.1, 0.15) is 12.4 Å². The predicted molar refractivity (Wildman–Crippen MR) is 131 cm³/mol. The Hall–Kier alpha value is -3.00. The van der Waals surface area contributed by atoms with E-state index in [-0.39, 0.29) is 10.9 Å². The first kappa shape index (κ1) is 23.2. The Bertz CT molecular complexity index is 1280. The minimum Gasteiger partial charge on any atom is -0.493 e. The summed E-state index contributed by atoms with van der Waals surface area (Å²) in [7, 11) is 1.55. The van der Waals surface area contributed by atoms with Gasteiger partial charge >= 0.3 is 0 Å². The maximum absolute atomic E-state index is 13.3. The molecular weight excluding hydrogens is 486 g/mol. The molecule has 0 spiro atoms. The van der Waals surface area contributed by atoms with Crippen molar-refractivity contribution in [2.24, 2.45) is 4.99 Å². The lowest BCUT2D eigenvalue weighted by molar-refractivity contribution is -0.115. The molecule has 4 rings (SSSR count). The summed E-state index contributed by atoms with van der Waals surface area (Å²) in [6.45, 7) is 0.294. The minimum absolute atomic E-state index is 0.0362. The number of thioether (sulfide) groups is 1. The minimum atomic E-state index is -0.530. The highest BCUT2D eigenvalue weighted by molar-refractivity contribution is 8.18. The lowest BCUT2D eigenvalue weighted by Gasteiger charge is -2.12. The zero-order valence-electron chi connectivity index (χ0n) is 17.3. The molecule has 0 radical (unpaired) electrons. The molecule has 0 bridgehead atoms. The van der Waals surface area contributed by atoms with Gasteiger partial charge in [0, 0.05) is 10.6 Å². The van der Waals surface area contributed by atoms with Gasteiger partial charge in [0.2, 0.25) is 0 Å². The summed E-state index contributed by atoms with van der Waals surface area (Å²) in [6, 6.07) is 16.9. The van der Waals surface area contributed by atoms with E-state index in [1.54, 1.807) is 31.4 Å². The first-order valence-corrected chi connectivity index (χ1v) is 11.3. The zero-order chi connectivity index (χ0) is 23.4. The fraction of sp³-hybridized carbons (Fsp3) is 0.0833. The molecule has 168 valence electrons. The van der Waals surface area contributed by atoms with Gasteiger partial charge in [-0.25, -0.2) is 9.38 Å². The van der Waals surface area contributed by atoms with Crippen molar-refractivity contribution >= 4 is 57.8 Å². The Morgan fingerprint density at radius 1 is 1.06 bits per heavy atom. The van der Waals surface area contributed by atoms with Crippen LogP contribution in [0.3, 0.4) is 0 Å². The molecule has 9 heteroatoms. The predicted octanol–water partition coefficient (Wildman–Crippen LogP) is 6.61. The van der Waals surface area contributed by atoms with Crippen LogP contribution < -0.4 is 14.8 Å². The highest BCUT2D eigenvalue weighted by Gasteiger charge is 2.24. The maximum Gasteiger partial charge on any atom is 0.264 e. The van der Waals surface area contributed by atoms with E-state index in [0.29, 0.717) is 38.9 Å². The number of ether oxygens (including phenoxy) is 2. The quantitative estimate of drug-likeness (QED) is 0.385. The van der Waals surface area contributed by atoms with Crippen LogP contribution in [0.1, 0.15) is 11.1 Å². The van der Waals surface area contributed by atoms with Gasteiger partial charge in [0.25, 0.3) is 5.91 Å². The summed E-state index contributed by atoms with van der Waals surface area (Å²) in [5, 5.41) is 3.66. The van der Waals surface area contributed by atoms with Crippen LogP contribution >= 0.6 is 35.0 Å². The number of amides is 1. The normalized spacial score (nSPS) is 15.7. The van der Waals surface area contributed by atoms with E-state index < -0.39 is 5.82 Å². The standard InChI is InChI=1S/C24H17Cl2FN2O3S/c1-31-21-10-14(6-9-20(21)32-13-15-4-2-3-5-17(15)25)11-22-23(30)29-24(33-22)28-16-7-8-19(27)18(26)12-16/h2-12H,13H2,1H3,(H,28,29,30). The Morgan fingerprint density at radius 2 is 1.88 bits per heavy atom. The summed E-state index contributed by atoms with van der Waals surface area (Å²) < 4.78 is 24.7. The van der Waals surface area contributed by atoms with E-state index in [2.05, 4.69) is 10.3 Å². The number of hydrogen-bond donors (Lipinski definition) is 1. The third kappa shape index (κ3) is 5.68. The van der Waals surface area contributed by atoms with Gasteiger partial charge in [-0.3, -0.25) is 4.79 Å². The number of carbonyl (C=O) groups excluding carboxylic acids is 1. The van der Waals surface area contributed by atoms with Crippen LogP contribution in [0, 0.1) is 5.82 Å². The number of nitrogens with zero attached hydrogens (tertiary/aromatic N) is 1. The van der Waals surface area contributed by atoms with Crippen molar-refractivity contribution in [2.75, 3.05) is 7.11 Å². The zero-order valence-corrected chi connectivity index (χ0v) is 19.6. The fourth-order valence-electron chi connectivity index (χ4n) is 2.97. The molecular formula is C24H17Cl2FN2O3S.